The molecule has 7 aromatic carbocycles. The van der Waals surface area contributed by atoms with Crippen LogP contribution in [0.25, 0.3) is 67.5 Å². The summed E-state index contributed by atoms with van der Waals surface area (Å²) in [6, 6.07) is 64.3. The van der Waals surface area contributed by atoms with Gasteiger partial charge in [0.25, 0.3) is 0 Å². The van der Waals surface area contributed by atoms with Crippen LogP contribution in [-0.4, -0.2) is 15.0 Å². The summed E-state index contributed by atoms with van der Waals surface area (Å²) in [7, 11) is 0. The Morgan fingerprint density at radius 3 is 1.46 bits per heavy atom. The first-order chi connectivity index (χ1) is 31.0. The monoisotopic (exact) mass is 819 g/mol. The van der Waals surface area contributed by atoms with E-state index in [9.17, 15) is 0 Å². The molecule has 0 N–H and O–H groups in total. The summed E-state index contributed by atoms with van der Waals surface area (Å²) in [6.07, 6.45) is 12.6. The van der Waals surface area contributed by atoms with Gasteiger partial charge in [0.05, 0.1) is 0 Å². The fraction of sp³-hybridized carbons (Fsp3) is 0.250. The minimum absolute atomic E-state index is 0.0563. The minimum atomic E-state index is -0.0563. The van der Waals surface area contributed by atoms with E-state index in [-0.39, 0.29) is 5.41 Å². The van der Waals surface area contributed by atoms with E-state index in [1.165, 1.54) is 120 Å². The van der Waals surface area contributed by atoms with E-state index in [0.29, 0.717) is 29.3 Å². The maximum atomic E-state index is 5.25. The van der Waals surface area contributed by atoms with Gasteiger partial charge in [0, 0.05) is 22.1 Å². The lowest BCUT2D eigenvalue weighted by Crippen LogP contribution is -2.14. The van der Waals surface area contributed by atoms with E-state index in [2.05, 4.69) is 178 Å². The molecule has 0 spiro atoms. The zero-order valence-electron chi connectivity index (χ0n) is 36.8. The predicted octanol–water partition coefficient (Wildman–Crippen LogP) is 16.3. The minimum Gasteiger partial charge on any atom is -0.208 e. The van der Waals surface area contributed by atoms with Crippen LogP contribution in [0, 0.1) is 0 Å². The maximum absolute atomic E-state index is 5.25. The molecule has 1 saturated carbocycles. The third-order valence-corrected chi connectivity index (χ3v) is 14.0. The lowest BCUT2D eigenvalue weighted by Gasteiger charge is -2.23. The Morgan fingerprint density at radius 2 is 0.794 bits per heavy atom. The van der Waals surface area contributed by atoms with Gasteiger partial charge in [-0.25, -0.2) is 15.0 Å². The van der Waals surface area contributed by atoms with Crippen LogP contribution in [0.3, 0.4) is 0 Å². The number of fused-ring (bicyclic) bond motifs is 3. The molecule has 0 aliphatic heterocycles. The van der Waals surface area contributed by atoms with E-state index >= 15 is 0 Å². The molecule has 3 heteroatoms. The van der Waals surface area contributed by atoms with Gasteiger partial charge in [-0.05, 0) is 117 Å². The summed E-state index contributed by atoms with van der Waals surface area (Å²) in [5.74, 6) is 3.14. The van der Waals surface area contributed by atoms with Crippen molar-refractivity contribution >= 4 is 0 Å². The number of hydrogen-bond donors (Lipinski definition) is 0. The highest BCUT2D eigenvalue weighted by Crippen LogP contribution is 2.49. The fourth-order valence-electron chi connectivity index (χ4n) is 10.5. The molecule has 2 unspecified atom stereocenters. The summed E-state index contributed by atoms with van der Waals surface area (Å²) in [6.45, 7) is 4.73. The molecule has 3 nitrogen and oxygen atoms in total. The predicted molar refractivity (Wildman–Crippen MR) is 263 cm³/mol. The lowest BCUT2D eigenvalue weighted by molar-refractivity contribution is 0.441. The van der Waals surface area contributed by atoms with Crippen molar-refractivity contribution in [2.75, 3.05) is 0 Å². The molecule has 2 aliphatic rings. The highest BCUT2D eigenvalue weighted by atomic mass is 15.0. The van der Waals surface area contributed by atoms with Crippen molar-refractivity contribution in [3.8, 4) is 67.5 Å². The van der Waals surface area contributed by atoms with Crippen molar-refractivity contribution in [3.05, 3.63) is 198 Å². The SMILES string of the molecule is CC1(C)c2ccccc2-c2ccc(-c3cccc(-c4cc(-c5nc(-c6ccccc6)nc(-c6ccccc6)n5)cc(C5CCCCCCCC(c6ccccc6)CCC5)c4)c3)cc21. The van der Waals surface area contributed by atoms with Gasteiger partial charge >= 0.3 is 0 Å². The molecule has 63 heavy (non-hydrogen) atoms. The van der Waals surface area contributed by atoms with E-state index < -0.39 is 0 Å². The normalized spacial score (nSPS) is 17.5. The molecule has 1 heterocycles. The van der Waals surface area contributed by atoms with E-state index in [4.69, 9.17) is 15.0 Å². The number of hydrogen-bond acceptors (Lipinski definition) is 3. The Hall–Kier alpha value is -6.45. The largest absolute Gasteiger partial charge is 0.208 e. The third kappa shape index (κ3) is 8.67. The standard InChI is InChI=1S/C60H57N3/c1-60(2)55-34-18-17-33-53(55)54-36-35-49(41-56(54)60)47-31-20-32-48(37-47)51-38-50(44-24-10-5-3-4-9-21-43(29-19-30-44)42-22-11-6-12-23-42)39-52(40-51)59-62-57(45-25-13-7-14-26-45)61-58(63-59)46-27-15-8-16-28-46/h6-8,11-18,20,22-23,25-28,31-41,43-44H,3-5,9-10,19,21,24,29-30H2,1-2H3. The fourth-order valence-corrected chi connectivity index (χ4v) is 10.5. The molecular weight excluding hydrogens is 763 g/mol. The van der Waals surface area contributed by atoms with Crippen molar-refractivity contribution < 1.29 is 0 Å². The summed E-state index contributed by atoms with van der Waals surface area (Å²) in [5.41, 5.74) is 16.2. The number of aromatic nitrogens is 3. The average Bonchev–Trinajstić information content (AvgIpc) is 3.57. The van der Waals surface area contributed by atoms with Gasteiger partial charge in [-0.2, -0.15) is 0 Å². The van der Waals surface area contributed by atoms with Crippen LogP contribution in [0.2, 0.25) is 0 Å². The van der Waals surface area contributed by atoms with Crippen LogP contribution in [0.1, 0.15) is 112 Å². The molecule has 8 aromatic rings. The molecule has 1 aromatic heterocycles. The van der Waals surface area contributed by atoms with E-state index in [1.54, 1.807) is 0 Å². The smallest absolute Gasteiger partial charge is 0.164 e. The second kappa shape index (κ2) is 18.1. The third-order valence-electron chi connectivity index (χ3n) is 14.0. The Morgan fingerprint density at radius 1 is 0.333 bits per heavy atom. The highest BCUT2D eigenvalue weighted by molar-refractivity contribution is 5.84. The van der Waals surface area contributed by atoms with Gasteiger partial charge in [-0.15, -0.1) is 0 Å². The zero-order valence-corrected chi connectivity index (χ0v) is 36.8. The molecule has 2 atom stereocenters. The van der Waals surface area contributed by atoms with Crippen LogP contribution in [0.5, 0.6) is 0 Å². The molecule has 2 aliphatic carbocycles. The van der Waals surface area contributed by atoms with Gasteiger partial charge in [-0.1, -0.05) is 204 Å². The molecule has 0 saturated heterocycles. The van der Waals surface area contributed by atoms with Gasteiger partial charge in [0.2, 0.25) is 0 Å². The quantitative estimate of drug-likeness (QED) is 0.161. The molecule has 10 rings (SSSR count). The molecule has 0 bridgehead atoms. The second-order valence-electron chi connectivity index (χ2n) is 18.5. The van der Waals surface area contributed by atoms with Crippen LogP contribution < -0.4 is 0 Å². The lowest BCUT2D eigenvalue weighted by atomic mass is 9.81. The summed E-state index contributed by atoms with van der Waals surface area (Å²) in [4.78, 5) is 15.6. The van der Waals surface area contributed by atoms with Crippen LogP contribution in [0.15, 0.2) is 176 Å². The van der Waals surface area contributed by atoms with Gasteiger partial charge in [0.1, 0.15) is 0 Å². The Labute approximate surface area is 374 Å². The topological polar surface area (TPSA) is 38.7 Å². The second-order valence-corrected chi connectivity index (χ2v) is 18.5. The van der Waals surface area contributed by atoms with Crippen molar-refractivity contribution in [2.45, 2.75) is 95.3 Å². The Kier molecular flexibility index (Phi) is 11.7. The summed E-state index contributed by atoms with van der Waals surface area (Å²) < 4.78 is 0. The first kappa shape index (κ1) is 40.6. The van der Waals surface area contributed by atoms with Crippen molar-refractivity contribution in [1.82, 2.24) is 15.0 Å². The van der Waals surface area contributed by atoms with Crippen LogP contribution >= 0.6 is 0 Å². The zero-order chi connectivity index (χ0) is 42.6. The maximum Gasteiger partial charge on any atom is 0.164 e. The highest BCUT2D eigenvalue weighted by Gasteiger charge is 2.35. The molecular formula is C60H57N3. The Balaban J connectivity index is 1.08. The van der Waals surface area contributed by atoms with Crippen LogP contribution in [-0.2, 0) is 5.41 Å². The van der Waals surface area contributed by atoms with Gasteiger partial charge in [-0.3, -0.25) is 0 Å². The van der Waals surface area contributed by atoms with Gasteiger partial charge in [0.15, 0.2) is 17.5 Å². The average molecular weight is 820 g/mol. The van der Waals surface area contributed by atoms with Crippen molar-refractivity contribution in [1.29, 1.82) is 0 Å². The number of benzene rings is 7. The molecule has 0 amide bonds. The van der Waals surface area contributed by atoms with Gasteiger partial charge < -0.3 is 0 Å². The Bertz CT molecular complexity index is 2770. The molecule has 1 fully saturated rings. The molecule has 312 valence electrons. The van der Waals surface area contributed by atoms with E-state index in [0.717, 1.165) is 16.7 Å². The summed E-state index contributed by atoms with van der Waals surface area (Å²) in [5, 5.41) is 0. The molecule has 0 radical (unpaired) electrons. The van der Waals surface area contributed by atoms with Crippen LogP contribution in [0.4, 0.5) is 0 Å². The summed E-state index contributed by atoms with van der Waals surface area (Å²) >= 11 is 0. The first-order valence-electron chi connectivity index (χ1n) is 23.4. The van der Waals surface area contributed by atoms with E-state index in [1.807, 2.05) is 12.1 Å². The number of rotatable bonds is 7. The van der Waals surface area contributed by atoms with Crippen molar-refractivity contribution in [2.24, 2.45) is 0 Å². The van der Waals surface area contributed by atoms with Crippen molar-refractivity contribution in [3.63, 3.8) is 0 Å². The number of nitrogens with zero attached hydrogens (tertiary/aromatic N) is 3. The first-order valence-corrected chi connectivity index (χ1v) is 23.4.